The molecule has 0 aromatic carbocycles. The van der Waals surface area contributed by atoms with Gasteiger partial charge in [0.2, 0.25) is 0 Å². The van der Waals surface area contributed by atoms with Gasteiger partial charge in [-0.05, 0) is 12.8 Å². The normalized spacial score (nSPS) is 23.1. The Kier molecular flexibility index (Phi) is 4.16. The van der Waals surface area contributed by atoms with E-state index in [4.69, 9.17) is 5.11 Å². The average molecular weight is 284 g/mol. The van der Waals surface area contributed by atoms with E-state index in [9.17, 15) is 14.7 Å². The van der Waals surface area contributed by atoms with E-state index in [0.717, 1.165) is 30.6 Å². The van der Waals surface area contributed by atoms with E-state index in [1.165, 1.54) is 10.3 Å². The fourth-order valence-electron chi connectivity index (χ4n) is 2.32. The minimum Gasteiger partial charge on any atom is -0.476 e. The molecule has 1 aromatic heterocycles. The van der Waals surface area contributed by atoms with Crippen molar-refractivity contribution in [2.45, 2.75) is 37.8 Å². The Morgan fingerprint density at radius 1 is 1.42 bits per heavy atom. The zero-order valence-corrected chi connectivity index (χ0v) is 11.4. The summed E-state index contributed by atoms with van der Waals surface area (Å²) in [4.78, 5) is 28.2. The molecule has 0 radical (unpaired) electrons. The fraction of sp³-hybridized carbons (Fsp3) is 0.583. The zero-order chi connectivity index (χ0) is 14.0. The molecule has 1 fully saturated rings. The minimum atomic E-state index is -1.14. The second-order valence-corrected chi connectivity index (χ2v) is 5.54. The summed E-state index contributed by atoms with van der Waals surface area (Å²) in [7, 11) is 1.63. The molecule has 104 valence electrons. The molecule has 0 bridgehead atoms. The van der Waals surface area contributed by atoms with Crippen LogP contribution in [0.25, 0.3) is 0 Å². The van der Waals surface area contributed by atoms with Gasteiger partial charge in [0.05, 0.1) is 12.1 Å². The molecule has 0 aliphatic heterocycles. The molecule has 0 saturated heterocycles. The Hall–Kier alpha value is -1.47. The predicted octanol–water partition coefficient (Wildman–Crippen LogP) is 1.22. The summed E-state index contributed by atoms with van der Waals surface area (Å²) in [6.45, 7) is 0. The van der Waals surface area contributed by atoms with Crippen LogP contribution >= 0.6 is 11.3 Å². The molecular weight excluding hydrogens is 268 g/mol. The molecule has 19 heavy (non-hydrogen) atoms. The van der Waals surface area contributed by atoms with Crippen molar-refractivity contribution >= 4 is 23.2 Å². The van der Waals surface area contributed by atoms with Gasteiger partial charge in [-0.15, -0.1) is 11.3 Å². The van der Waals surface area contributed by atoms with E-state index in [-0.39, 0.29) is 22.7 Å². The number of aliphatic hydroxyl groups is 1. The van der Waals surface area contributed by atoms with Crippen LogP contribution in [0.5, 0.6) is 0 Å². The molecule has 0 spiro atoms. The first kappa shape index (κ1) is 14.0. The number of thiazole rings is 1. The van der Waals surface area contributed by atoms with E-state index in [1.807, 2.05) is 0 Å². The summed E-state index contributed by atoms with van der Waals surface area (Å²) in [6, 6.07) is -0.210. The monoisotopic (exact) mass is 284 g/mol. The molecule has 2 unspecified atom stereocenters. The quantitative estimate of drug-likeness (QED) is 0.870. The second kappa shape index (κ2) is 5.66. The molecule has 1 aliphatic rings. The third-order valence-electron chi connectivity index (χ3n) is 3.42. The van der Waals surface area contributed by atoms with Crippen molar-refractivity contribution in [1.29, 1.82) is 0 Å². The first-order valence-electron chi connectivity index (χ1n) is 6.14. The Bertz CT molecular complexity index is 488. The maximum absolute atomic E-state index is 12.2. The molecule has 2 rings (SSSR count). The fourth-order valence-corrected chi connectivity index (χ4v) is 3.09. The van der Waals surface area contributed by atoms with Gasteiger partial charge in [0, 0.05) is 12.4 Å². The average Bonchev–Trinajstić information content (AvgIpc) is 2.87. The summed E-state index contributed by atoms with van der Waals surface area (Å²) in [5, 5.41) is 20.2. The smallest absolute Gasteiger partial charge is 0.355 e. The largest absolute Gasteiger partial charge is 0.476 e. The summed E-state index contributed by atoms with van der Waals surface area (Å²) >= 11 is 1.01. The van der Waals surface area contributed by atoms with Crippen molar-refractivity contribution in [2.24, 2.45) is 0 Å². The van der Waals surface area contributed by atoms with Crippen molar-refractivity contribution in [3.8, 4) is 0 Å². The lowest BCUT2D eigenvalue weighted by atomic mass is 9.91. The number of carbonyl (C=O) groups is 2. The molecule has 1 heterocycles. The van der Waals surface area contributed by atoms with Crippen LogP contribution < -0.4 is 0 Å². The topological polar surface area (TPSA) is 90.7 Å². The van der Waals surface area contributed by atoms with Crippen LogP contribution in [0.2, 0.25) is 0 Å². The highest BCUT2D eigenvalue weighted by Crippen LogP contribution is 2.24. The van der Waals surface area contributed by atoms with Crippen molar-refractivity contribution in [2.75, 3.05) is 7.05 Å². The second-order valence-electron chi connectivity index (χ2n) is 4.68. The number of nitrogens with zero attached hydrogens (tertiary/aromatic N) is 2. The van der Waals surface area contributed by atoms with E-state index >= 15 is 0 Å². The van der Waals surface area contributed by atoms with Crippen LogP contribution in [0.4, 0.5) is 0 Å². The minimum absolute atomic E-state index is 0.119. The highest BCUT2D eigenvalue weighted by atomic mass is 32.1. The van der Waals surface area contributed by atoms with E-state index in [0.29, 0.717) is 6.42 Å². The standard InChI is InChI=1S/C12H16N2O4S/c1-14(8-4-2-3-5-9(8)15)11(16)10-13-7(6-19-10)12(17)18/h6,8-9,15H,2-5H2,1H3,(H,17,18). The first-order chi connectivity index (χ1) is 9.00. The van der Waals surface area contributed by atoms with Crippen molar-refractivity contribution < 1.29 is 19.8 Å². The van der Waals surface area contributed by atoms with Crippen LogP contribution in [-0.2, 0) is 0 Å². The third-order valence-corrected chi connectivity index (χ3v) is 4.25. The zero-order valence-electron chi connectivity index (χ0n) is 10.6. The number of hydrogen-bond donors (Lipinski definition) is 2. The van der Waals surface area contributed by atoms with Crippen LogP contribution in [-0.4, -0.2) is 51.2 Å². The third kappa shape index (κ3) is 2.93. The van der Waals surface area contributed by atoms with Crippen molar-refractivity contribution in [3.63, 3.8) is 0 Å². The number of carboxylic acids is 1. The maximum Gasteiger partial charge on any atom is 0.355 e. The number of amides is 1. The van der Waals surface area contributed by atoms with E-state index in [1.54, 1.807) is 7.05 Å². The Morgan fingerprint density at radius 3 is 2.68 bits per heavy atom. The van der Waals surface area contributed by atoms with Crippen LogP contribution in [0.15, 0.2) is 5.38 Å². The molecule has 1 amide bonds. The number of rotatable bonds is 3. The van der Waals surface area contributed by atoms with Crippen LogP contribution in [0.3, 0.4) is 0 Å². The van der Waals surface area contributed by atoms with Gasteiger partial charge in [0.25, 0.3) is 5.91 Å². The van der Waals surface area contributed by atoms with Crippen molar-refractivity contribution in [1.82, 2.24) is 9.88 Å². The summed E-state index contributed by atoms with van der Waals surface area (Å²) in [5.41, 5.74) is -0.119. The van der Waals surface area contributed by atoms with Gasteiger partial charge in [0.1, 0.15) is 0 Å². The molecule has 2 atom stereocenters. The SMILES string of the molecule is CN(C(=O)c1nc(C(=O)O)cs1)C1CCCCC1O. The highest BCUT2D eigenvalue weighted by molar-refractivity contribution is 7.11. The van der Waals surface area contributed by atoms with Crippen LogP contribution in [0.1, 0.15) is 46.0 Å². The Morgan fingerprint density at radius 2 is 2.11 bits per heavy atom. The summed E-state index contributed by atoms with van der Waals surface area (Å²) < 4.78 is 0. The number of aromatic carboxylic acids is 1. The number of carboxylic acid groups (broad SMARTS) is 1. The van der Waals surface area contributed by atoms with Crippen LogP contribution in [0, 0.1) is 0 Å². The maximum atomic E-state index is 12.2. The molecule has 6 nitrogen and oxygen atoms in total. The van der Waals surface area contributed by atoms with Gasteiger partial charge in [0.15, 0.2) is 10.7 Å². The summed E-state index contributed by atoms with van der Waals surface area (Å²) in [5.74, 6) is -1.47. The number of carbonyl (C=O) groups excluding carboxylic acids is 1. The predicted molar refractivity (Wildman–Crippen MR) is 69.4 cm³/mol. The van der Waals surface area contributed by atoms with Gasteiger partial charge in [-0.1, -0.05) is 12.8 Å². The number of aromatic nitrogens is 1. The highest BCUT2D eigenvalue weighted by Gasteiger charge is 2.31. The van der Waals surface area contributed by atoms with Gasteiger partial charge in [-0.2, -0.15) is 0 Å². The van der Waals surface area contributed by atoms with Gasteiger partial charge in [-0.25, -0.2) is 9.78 Å². The molecule has 1 aromatic rings. The Balaban J connectivity index is 2.11. The van der Waals surface area contributed by atoms with Crippen molar-refractivity contribution in [3.05, 3.63) is 16.1 Å². The molecule has 1 saturated carbocycles. The number of likely N-dealkylation sites (N-methyl/N-ethyl adjacent to an activating group) is 1. The van der Waals surface area contributed by atoms with Gasteiger partial charge < -0.3 is 15.1 Å². The number of aliphatic hydroxyl groups excluding tert-OH is 1. The molecule has 1 aliphatic carbocycles. The molecule has 2 N–H and O–H groups in total. The van der Waals surface area contributed by atoms with E-state index < -0.39 is 12.1 Å². The Labute approximate surface area is 114 Å². The number of hydrogen-bond acceptors (Lipinski definition) is 5. The van der Waals surface area contributed by atoms with E-state index in [2.05, 4.69) is 4.98 Å². The molecular formula is C12H16N2O4S. The lowest BCUT2D eigenvalue weighted by Crippen LogP contribution is -2.46. The molecule has 7 heteroatoms. The lowest BCUT2D eigenvalue weighted by Gasteiger charge is -2.34. The lowest BCUT2D eigenvalue weighted by molar-refractivity contribution is 0.0267. The first-order valence-corrected chi connectivity index (χ1v) is 7.02. The summed E-state index contributed by atoms with van der Waals surface area (Å²) in [6.07, 6.45) is 2.90. The van der Waals surface area contributed by atoms with Gasteiger partial charge in [-0.3, -0.25) is 4.79 Å². The van der Waals surface area contributed by atoms with Gasteiger partial charge >= 0.3 is 5.97 Å².